The predicted octanol–water partition coefficient (Wildman–Crippen LogP) is 4.11. The van der Waals surface area contributed by atoms with Crippen molar-refractivity contribution >= 4 is 17.1 Å². The van der Waals surface area contributed by atoms with E-state index in [1.54, 1.807) is 11.3 Å². The number of Topliss-reactive ketones (excluding diaryl/α,β-unsaturated/α-hetero) is 1. The van der Waals surface area contributed by atoms with E-state index in [2.05, 4.69) is 36.3 Å². The van der Waals surface area contributed by atoms with Crippen LogP contribution in [0.4, 0.5) is 0 Å². The molecule has 2 nitrogen and oxygen atoms in total. The maximum absolute atomic E-state index is 12.6. The highest BCUT2D eigenvalue weighted by atomic mass is 32.1. The molecule has 1 atom stereocenters. The second kappa shape index (κ2) is 7.01. The largest absolute Gasteiger partial charge is 0.296 e. The lowest BCUT2D eigenvalue weighted by atomic mass is 10.00. The molecule has 0 N–H and O–H groups in total. The molecule has 2 aromatic rings. The van der Waals surface area contributed by atoms with Gasteiger partial charge >= 0.3 is 0 Å². The molecule has 0 saturated carbocycles. The molecule has 1 aromatic heterocycles. The smallest absolute Gasteiger partial charge is 0.179 e. The molecular formula is C18H23NOS. The van der Waals surface area contributed by atoms with Crippen LogP contribution in [0.5, 0.6) is 0 Å². The lowest BCUT2D eigenvalue weighted by Crippen LogP contribution is -2.37. The monoisotopic (exact) mass is 301 g/mol. The summed E-state index contributed by atoms with van der Waals surface area (Å²) in [4.78, 5) is 16.1. The Morgan fingerprint density at radius 3 is 2.62 bits per heavy atom. The van der Waals surface area contributed by atoms with E-state index in [1.165, 1.54) is 16.0 Å². The van der Waals surface area contributed by atoms with Gasteiger partial charge in [-0.1, -0.05) is 18.2 Å². The summed E-state index contributed by atoms with van der Waals surface area (Å²) in [6.07, 6.45) is 0.999. The number of hydrogen-bond donors (Lipinski definition) is 0. The number of aryl methyl sites for hydroxylation is 2. The van der Waals surface area contributed by atoms with Crippen LogP contribution in [0.25, 0.3) is 0 Å². The van der Waals surface area contributed by atoms with Gasteiger partial charge in [0.25, 0.3) is 0 Å². The molecule has 2 rings (SSSR count). The van der Waals surface area contributed by atoms with E-state index < -0.39 is 0 Å². The van der Waals surface area contributed by atoms with Crippen LogP contribution in [-0.2, 0) is 6.42 Å². The standard InChI is InChI=1S/C18H23NOS/c1-13-7-8-16(12-14(13)2)18(20)15(3)19(4)10-9-17-6-5-11-21-17/h5-8,11-12,15H,9-10H2,1-4H3. The van der Waals surface area contributed by atoms with Crippen molar-refractivity contribution in [2.75, 3.05) is 13.6 Å². The number of carbonyl (C=O) groups is 1. The Bertz CT molecular complexity index is 604. The number of carbonyl (C=O) groups excluding carboxylic acids is 1. The predicted molar refractivity (Wildman–Crippen MR) is 90.4 cm³/mol. The maximum atomic E-state index is 12.6. The molecule has 0 radical (unpaired) electrons. The number of rotatable bonds is 6. The Kier molecular flexibility index (Phi) is 5.32. The van der Waals surface area contributed by atoms with Gasteiger partial charge in [-0.2, -0.15) is 0 Å². The summed E-state index contributed by atoms with van der Waals surface area (Å²) in [7, 11) is 2.03. The van der Waals surface area contributed by atoms with E-state index in [1.807, 2.05) is 32.2 Å². The van der Waals surface area contributed by atoms with Crippen LogP contribution in [-0.4, -0.2) is 30.3 Å². The topological polar surface area (TPSA) is 20.3 Å². The van der Waals surface area contributed by atoms with Gasteiger partial charge in [-0.05, 0) is 62.9 Å². The molecule has 112 valence electrons. The molecule has 0 spiro atoms. The average molecular weight is 301 g/mol. The van der Waals surface area contributed by atoms with Crippen molar-refractivity contribution in [1.82, 2.24) is 4.90 Å². The fourth-order valence-electron chi connectivity index (χ4n) is 2.27. The summed E-state index contributed by atoms with van der Waals surface area (Å²) in [5.74, 6) is 0.201. The lowest BCUT2D eigenvalue weighted by molar-refractivity contribution is 0.0870. The van der Waals surface area contributed by atoms with Gasteiger partial charge in [0.2, 0.25) is 0 Å². The number of ketones is 1. The van der Waals surface area contributed by atoms with Crippen LogP contribution in [0.2, 0.25) is 0 Å². The Balaban J connectivity index is 1.98. The molecule has 1 aromatic carbocycles. The third-order valence-corrected chi connectivity index (χ3v) is 5.06. The highest BCUT2D eigenvalue weighted by Gasteiger charge is 2.19. The van der Waals surface area contributed by atoms with Crippen molar-refractivity contribution in [2.24, 2.45) is 0 Å². The molecule has 0 amide bonds. The summed E-state index contributed by atoms with van der Waals surface area (Å²) < 4.78 is 0. The molecule has 21 heavy (non-hydrogen) atoms. The minimum atomic E-state index is -0.0907. The van der Waals surface area contributed by atoms with Crippen LogP contribution in [0, 0.1) is 13.8 Å². The van der Waals surface area contributed by atoms with Crippen molar-refractivity contribution in [3.05, 3.63) is 57.3 Å². The van der Waals surface area contributed by atoms with Crippen LogP contribution < -0.4 is 0 Å². The summed E-state index contributed by atoms with van der Waals surface area (Å²) >= 11 is 1.77. The van der Waals surface area contributed by atoms with Gasteiger partial charge in [-0.15, -0.1) is 11.3 Å². The highest BCUT2D eigenvalue weighted by molar-refractivity contribution is 7.09. The molecule has 0 saturated heterocycles. The van der Waals surface area contributed by atoms with Gasteiger partial charge in [0.1, 0.15) is 0 Å². The van der Waals surface area contributed by atoms with E-state index in [9.17, 15) is 4.79 Å². The van der Waals surface area contributed by atoms with Crippen molar-refractivity contribution in [3.63, 3.8) is 0 Å². The van der Waals surface area contributed by atoms with Crippen molar-refractivity contribution in [3.8, 4) is 0 Å². The first-order valence-electron chi connectivity index (χ1n) is 7.33. The third kappa shape index (κ3) is 4.02. The van der Waals surface area contributed by atoms with Crippen molar-refractivity contribution < 1.29 is 4.79 Å². The number of thiophene rings is 1. The Morgan fingerprint density at radius 2 is 2.00 bits per heavy atom. The molecule has 0 bridgehead atoms. The minimum absolute atomic E-state index is 0.0907. The van der Waals surface area contributed by atoms with Gasteiger partial charge in [0.15, 0.2) is 5.78 Å². The molecule has 0 aliphatic rings. The van der Waals surface area contributed by atoms with E-state index in [0.29, 0.717) is 0 Å². The van der Waals surface area contributed by atoms with Gasteiger partial charge in [-0.25, -0.2) is 0 Å². The summed E-state index contributed by atoms with van der Waals surface area (Å²) in [6, 6.07) is 10.1. The second-order valence-corrected chi connectivity index (χ2v) is 6.68. The summed E-state index contributed by atoms with van der Waals surface area (Å²) in [5.41, 5.74) is 3.22. The normalized spacial score (nSPS) is 12.6. The Morgan fingerprint density at radius 1 is 1.24 bits per heavy atom. The average Bonchev–Trinajstić information content (AvgIpc) is 2.99. The first-order valence-corrected chi connectivity index (χ1v) is 8.21. The van der Waals surface area contributed by atoms with E-state index in [4.69, 9.17) is 0 Å². The van der Waals surface area contributed by atoms with Crippen LogP contribution in [0.15, 0.2) is 35.7 Å². The van der Waals surface area contributed by atoms with Gasteiger partial charge in [-0.3, -0.25) is 9.69 Å². The number of benzene rings is 1. The van der Waals surface area contributed by atoms with Crippen molar-refractivity contribution in [2.45, 2.75) is 33.2 Å². The fraction of sp³-hybridized carbons (Fsp3) is 0.389. The zero-order valence-corrected chi connectivity index (χ0v) is 14.0. The van der Waals surface area contributed by atoms with Crippen LogP contribution in [0.3, 0.4) is 0 Å². The molecule has 1 unspecified atom stereocenters. The van der Waals surface area contributed by atoms with Crippen LogP contribution >= 0.6 is 11.3 Å². The van der Waals surface area contributed by atoms with Gasteiger partial charge < -0.3 is 0 Å². The minimum Gasteiger partial charge on any atom is -0.296 e. The van der Waals surface area contributed by atoms with E-state index in [-0.39, 0.29) is 11.8 Å². The zero-order chi connectivity index (χ0) is 15.4. The number of likely N-dealkylation sites (N-methyl/N-ethyl adjacent to an activating group) is 1. The van der Waals surface area contributed by atoms with Crippen LogP contribution in [0.1, 0.15) is 33.3 Å². The molecule has 0 aliphatic carbocycles. The Hall–Kier alpha value is -1.45. The quantitative estimate of drug-likeness (QED) is 0.748. The zero-order valence-electron chi connectivity index (χ0n) is 13.2. The molecule has 3 heteroatoms. The van der Waals surface area contributed by atoms with Gasteiger partial charge in [0, 0.05) is 17.0 Å². The number of nitrogens with zero attached hydrogens (tertiary/aromatic N) is 1. The fourth-order valence-corrected chi connectivity index (χ4v) is 2.97. The molecule has 1 heterocycles. The molecular weight excluding hydrogens is 278 g/mol. The first-order chi connectivity index (χ1) is 9.99. The SMILES string of the molecule is Cc1ccc(C(=O)C(C)N(C)CCc2cccs2)cc1C. The van der Waals surface area contributed by atoms with Crippen molar-refractivity contribution in [1.29, 1.82) is 0 Å². The summed E-state index contributed by atoms with van der Waals surface area (Å²) in [5, 5.41) is 2.10. The third-order valence-electron chi connectivity index (χ3n) is 4.12. The van der Waals surface area contributed by atoms with E-state index in [0.717, 1.165) is 18.5 Å². The highest BCUT2D eigenvalue weighted by Crippen LogP contribution is 2.15. The number of hydrogen-bond acceptors (Lipinski definition) is 3. The second-order valence-electron chi connectivity index (χ2n) is 5.65. The lowest BCUT2D eigenvalue weighted by Gasteiger charge is -2.23. The first kappa shape index (κ1) is 15.9. The molecule has 0 aliphatic heterocycles. The van der Waals surface area contributed by atoms with E-state index >= 15 is 0 Å². The maximum Gasteiger partial charge on any atom is 0.179 e. The summed E-state index contributed by atoms with van der Waals surface area (Å²) in [6.45, 7) is 7.02. The Labute approximate surface area is 131 Å². The van der Waals surface area contributed by atoms with Gasteiger partial charge in [0.05, 0.1) is 6.04 Å². The molecule has 0 fully saturated rings.